The van der Waals surface area contributed by atoms with E-state index in [1.807, 2.05) is 6.92 Å². The molecule has 1 saturated heterocycles. The van der Waals surface area contributed by atoms with Gasteiger partial charge in [-0.3, -0.25) is 4.90 Å². The van der Waals surface area contributed by atoms with Crippen molar-refractivity contribution in [3.05, 3.63) is 0 Å². The monoisotopic (exact) mass is 238 g/mol. The average Bonchev–Trinajstić information content (AvgIpc) is 2.16. The average molecular weight is 238 g/mol. The Morgan fingerprint density at radius 2 is 2.12 bits per heavy atom. The first kappa shape index (κ1) is 13.8. The lowest BCUT2D eigenvalue weighted by molar-refractivity contribution is -0.149. The molecule has 0 aromatic heterocycles. The molecule has 5 heteroatoms. The molecule has 1 rings (SSSR count). The Bertz CT molecular complexity index is 206. The minimum absolute atomic E-state index is 0.307. The van der Waals surface area contributed by atoms with Gasteiger partial charge in [-0.25, -0.2) is 0 Å². The Labute approximate surface area is 95.2 Å². The summed E-state index contributed by atoms with van der Waals surface area (Å²) in [5.74, 6) is 0.344. The van der Waals surface area contributed by atoms with Gasteiger partial charge in [0.2, 0.25) is 0 Å². The van der Waals surface area contributed by atoms with Crippen LogP contribution in [0.25, 0.3) is 0 Å². The third-order valence-electron chi connectivity index (χ3n) is 3.18. The van der Waals surface area contributed by atoms with E-state index in [-0.39, 0.29) is 0 Å². The summed E-state index contributed by atoms with van der Waals surface area (Å²) >= 11 is 0. The molecule has 2 atom stereocenters. The van der Waals surface area contributed by atoms with Crippen LogP contribution < -0.4 is 5.32 Å². The van der Waals surface area contributed by atoms with E-state index in [9.17, 15) is 13.2 Å². The van der Waals surface area contributed by atoms with Crippen LogP contribution in [0, 0.1) is 5.92 Å². The Morgan fingerprint density at radius 1 is 1.44 bits per heavy atom. The highest BCUT2D eigenvalue weighted by molar-refractivity contribution is 4.81. The van der Waals surface area contributed by atoms with Gasteiger partial charge in [0.15, 0.2) is 0 Å². The van der Waals surface area contributed by atoms with Crippen LogP contribution in [0.3, 0.4) is 0 Å². The van der Waals surface area contributed by atoms with Gasteiger partial charge in [0.25, 0.3) is 0 Å². The lowest BCUT2D eigenvalue weighted by Crippen LogP contribution is -2.47. The van der Waals surface area contributed by atoms with Crippen molar-refractivity contribution < 1.29 is 13.2 Å². The van der Waals surface area contributed by atoms with E-state index in [1.54, 1.807) is 0 Å². The van der Waals surface area contributed by atoms with E-state index in [4.69, 9.17) is 0 Å². The second-order valence-corrected chi connectivity index (χ2v) is 4.60. The summed E-state index contributed by atoms with van der Waals surface area (Å²) in [6, 6.07) is 0.307. The van der Waals surface area contributed by atoms with Crippen LogP contribution in [-0.4, -0.2) is 43.3 Å². The van der Waals surface area contributed by atoms with Crippen LogP contribution >= 0.6 is 0 Å². The second kappa shape index (κ2) is 5.87. The largest absolute Gasteiger partial charge is 0.401 e. The van der Waals surface area contributed by atoms with Crippen molar-refractivity contribution in [2.45, 2.75) is 38.9 Å². The zero-order chi connectivity index (χ0) is 12.2. The summed E-state index contributed by atoms with van der Waals surface area (Å²) < 4.78 is 36.8. The Balaban J connectivity index is 2.41. The molecule has 1 aliphatic rings. The molecule has 0 amide bonds. The van der Waals surface area contributed by atoms with Gasteiger partial charge < -0.3 is 5.32 Å². The smallest absolute Gasteiger partial charge is 0.314 e. The number of hydrogen-bond acceptors (Lipinski definition) is 2. The van der Waals surface area contributed by atoms with Crippen LogP contribution in [0.2, 0.25) is 0 Å². The summed E-state index contributed by atoms with van der Waals surface area (Å²) in [6.07, 6.45) is -2.16. The van der Waals surface area contributed by atoms with Gasteiger partial charge in [0.1, 0.15) is 0 Å². The summed E-state index contributed by atoms with van der Waals surface area (Å²) in [5.41, 5.74) is 0. The van der Waals surface area contributed by atoms with Crippen molar-refractivity contribution in [1.29, 1.82) is 0 Å². The van der Waals surface area contributed by atoms with E-state index in [2.05, 4.69) is 12.2 Å². The van der Waals surface area contributed by atoms with Crippen molar-refractivity contribution in [3.8, 4) is 0 Å². The van der Waals surface area contributed by atoms with Gasteiger partial charge in [-0.2, -0.15) is 13.2 Å². The van der Waals surface area contributed by atoms with Crippen molar-refractivity contribution >= 4 is 0 Å². The van der Waals surface area contributed by atoms with Crippen molar-refractivity contribution in [3.63, 3.8) is 0 Å². The van der Waals surface area contributed by atoms with Gasteiger partial charge in [0.05, 0.1) is 6.54 Å². The molecule has 1 fully saturated rings. The predicted molar refractivity (Wildman–Crippen MR) is 58.4 cm³/mol. The molecule has 1 aliphatic heterocycles. The number of piperidine rings is 1. The number of likely N-dealkylation sites (tertiary alicyclic amines) is 1. The molecule has 0 aromatic carbocycles. The fourth-order valence-electron chi connectivity index (χ4n) is 2.39. The molecule has 2 nitrogen and oxygen atoms in total. The molecule has 0 spiro atoms. The molecule has 0 radical (unpaired) electrons. The minimum atomic E-state index is -4.07. The van der Waals surface area contributed by atoms with E-state index in [0.717, 1.165) is 19.4 Å². The van der Waals surface area contributed by atoms with Crippen molar-refractivity contribution in [1.82, 2.24) is 10.2 Å². The number of nitrogens with zero attached hydrogens (tertiary/aromatic N) is 1. The number of halogens is 3. The lowest BCUT2D eigenvalue weighted by Gasteiger charge is -2.36. The standard InChI is InChI=1S/C11H21F3N2/c1-3-15-9(2)10-5-4-6-16(7-10)8-11(12,13)14/h9-10,15H,3-8H2,1-2H3. The molecule has 0 aliphatic carbocycles. The fraction of sp³-hybridized carbons (Fsp3) is 1.00. The Hall–Kier alpha value is -0.290. The molecule has 2 unspecified atom stereocenters. The number of alkyl halides is 3. The SMILES string of the molecule is CCNC(C)C1CCCN(CC(F)(F)F)C1. The van der Waals surface area contributed by atoms with Crippen molar-refractivity contribution in [2.24, 2.45) is 5.92 Å². The normalized spacial score (nSPS) is 25.7. The van der Waals surface area contributed by atoms with Gasteiger partial charge >= 0.3 is 6.18 Å². The first-order valence-electron chi connectivity index (χ1n) is 5.95. The quantitative estimate of drug-likeness (QED) is 0.808. The van der Waals surface area contributed by atoms with Gasteiger partial charge in [-0.15, -0.1) is 0 Å². The zero-order valence-electron chi connectivity index (χ0n) is 9.98. The molecular formula is C11H21F3N2. The molecule has 16 heavy (non-hydrogen) atoms. The van der Waals surface area contributed by atoms with E-state index >= 15 is 0 Å². The molecular weight excluding hydrogens is 217 g/mol. The van der Waals surface area contributed by atoms with Gasteiger partial charge in [0, 0.05) is 12.6 Å². The van der Waals surface area contributed by atoms with Crippen LogP contribution in [0.15, 0.2) is 0 Å². The lowest BCUT2D eigenvalue weighted by atomic mass is 9.91. The predicted octanol–water partition coefficient (Wildman–Crippen LogP) is 2.26. The van der Waals surface area contributed by atoms with Crippen LogP contribution in [0.5, 0.6) is 0 Å². The van der Waals surface area contributed by atoms with Crippen LogP contribution in [-0.2, 0) is 0 Å². The van der Waals surface area contributed by atoms with Gasteiger partial charge in [-0.05, 0) is 38.8 Å². The van der Waals surface area contributed by atoms with E-state index < -0.39 is 12.7 Å². The highest BCUT2D eigenvalue weighted by atomic mass is 19.4. The van der Waals surface area contributed by atoms with E-state index in [0.29, 0.717) is 25.0 Å². The third-order valence-corrected chi connectivity index (χ3v) is 3.18. The summed E-state index contributed by atoms with van der Waals surface area (Å²) in [5, 5.41) is 3.29. The fourth-order valence-corrected chi connectivity index (χ4v) is 2.39. The third kappa shape index (κ3) is 4.70. The number of rotatable bonds is 4. The molecule has 0 saturated carbocycles. The highest BCUT2D eigenvalue weighted by Gasteiger charge is 2.33. The van der Waals surface area contributed by atoms with Gasteiger partial charge in [-0.1, -0.05) is 6.92 Å². The topological polar surface area (TPSA) is 15.3 Å². The summed E-state index contributed by atoms with van der Waals surface area (Å²) in [7, 11) is 0. The van der Waals surface area contributed by atoms with Crippen molar-refractivity contribution in [2.75, 3.05) is 26.2 Å². The highest BCUT2D eigenvalue weighted by Crippen LogP contribution is 2.23. The molecule has 0 bridgehead atoms. The van der Waals surface area contributed by atoms with E-state index in [1.165, 1.54) is 4.90 Å². The zero-order valence-corrected chi connectivity index (χ0v) is 9.98. The summed E-state index contributed by atoms with van der Waals surface area (Å²) in [6.45, 7) is 5.33. The molecule has 96 valence electrons. The minimum Gasteiger partial charge on any atom is -0.314 e. The first-order chi connectivity index (χ1) is 7.42. The maximum absolute atomic E-state index is 12.3. The molecule has 0 aromatic rings. The summed E-state index contributed by atoms with van der Waals surface area (Å²) in [4.78, 5) is 1.53. The van der Waals surface area contributed by atoms with Crippen LogP contribution in [0.1, 0.15) is 26.7 Å². The molecule has 1 N–H and O–H groups in total. The van der Waals surface area contributed by atoms with Crippen LogP contribution in [0.4, 0.5) is 13.2 Å². The number of hydrogen-bond donors (Lipinski definition) is 1. The Kier molecular flexibility index (Phi) is 5.05. The maximum Gasteiger partial charge on any atom is 0.401 e. The molecule has 1 heterocycles. The first-order valence-corrected chi connectivity index (χ1v) is 5.95. The Morgan fingerprint density at radius 3 is 2.69 bits per heavy atom. The number of nitrogens with one attached hydrogen (secondary N) is 1. The second-order valence-electron chi connectivity index (χ2n) is 4.60. The maximum atomic E-state index is 12.3.